The van der Waals surface area contributed by atoms with Crippen molar-refractivity contribution in [2.45, 2.75) is 31.3 Å². The number of nitrogens with zero attached hydrogens (tertiary/aromatic N) is 2. The number of aromatic nitrogens is 2. The second-order valence-corrected chi connectivity index (χ2v) is 4.17. The highest BCUT2D eigenvalue weighted by molar-refractivity contribution is 7.80. The zero-order chi connectivity index (χ0) is 12.1. The SMILES string of the molecule is CC(C)(C)c1ccnc(S)n1.O=C(O)O. The molecule has 1 heterocycles. The normalized spacial score (nSPS) is 10.1. The zero-order valence-electron chi connectivity index (χ0n) is 8.80. The molecule has 0 aromatic carbocycles. The van der Waals surface area contributed by atoms with Gasteiger partial charge < -0.3 is 10.2 Å². The molecule has 1 aromatic heterocycles. The predicted molar refractivity (Wildman–Crippen MR) is 58.6 cm³/mol. The molecule has 84 valence electrons. The maximum Gasteiger partial charge on any atom is 0.503 e. The molecule has 0 atom stereocenters. The van der Waals surface area contributed by atoms with Gasteiger partial charge in [-0.05, 0) is 6.07 Å². The average Bonchev–Trinajstić information content (AvgIpc) is 2.01. The van der Waals surface area contributed by atoms with E-state index in [1.54, 1.807) is 6.20 Å². The molecule has 0 bridgehead atoms. The van der Waals surface area contributed by atoms with E-state index in [9.17, 15) is 0 Å². The largest absolute Gasteiger partial charge is 0.503 e. The van der Waals surface area contributed by atoms with Crippen molar-refractivity contribution in [3.63, 3.8) is 0 Å². The Labute approximate surface area is 93.6 Å². The second kappa shape index (κ2) is 5.55. The maximum absolute atomic E-state index is 8.56. The molecule has 0 amide bonds. The molecule has 0 unspecified atom stereocenters. The lowest BCUT2D eigenvalue weighted by molar-refractivity contribution is 0.137. The topological polar surface area (TPSA) is 83.3 Å². The molecule has 0 radical (unpaired) electrons. The fourth-order valence-electron chi connectivity index (χ4n) is 0.766. The molecule has 15 heavy (non-hydrogen) atoms. The van der Waals surface area contributed by atoms with Crippen LogP contribution in [0.5, 0.6) is 0 Å². The van der Waals surface area contributed by atoms with Gasteiger partial charge in [0.15, 0.2) is 5.16 Å². The minimum absolute atomic E-state index is 0.0837. The van der Waals surface area contributed by atoms with Crippen LogP contribution in [0.4, 0.5) is 4.79 Å². The van der Waals surface area contributed by atoms with Crippen molar-refractivity contribution in [2.24, 2.45) is 0 Å². The van der Waals surface area contributed by atoms with Crippen LogP contribution in [0.25, 0.3) is 0 Å². The Kier molecular flexibility index (Phi) is 5.07. The van der Waals surface area contributed by atoms with Crippen molar-refractivity contribution < 1.29 is 15.0 Å². The van der Waals surface area contributed by atoms with Crippen LogP contribution in [-0.4, -0.2) is 26.3 Å². The van der Waals surface area contributed by atoms with Crippen molar-refractivity contribution >= 4 is 18.8 Å². The smallest absolute Gasteiger partial charge is 0.450 e. The van der Waals surface area contributed by atoms with Gasteiger partial charge in [-0.15, -0.1) is 12.6 Å². The van der Waals surface area contributed by atoms with Gasteiger partial charge in [-0.25, -0.2) is 14.8 Å². The van der Waals surface area contributed by atoms with E-state index >= 15 is 0 Å². The van der Waals surface area contributed by atoms with Crippen molar-refractivity contribution in [1.82, 2.24) is 9.97 Å². The first-order valence-electron chi connectivity index (χ1n) is 4.18. The van der Waals surface area contributed by atoms with Crippen LogP contribution in [-0.2, 0) is 5.41 Å². The van der Waals surface area contributed by atoms with Gasteiger partial charge in [0.25, 0.3) is 0 Å². The highest BCUT2D eigenvalue weighted by Crippen LogP contribution is 2.19. The van der Waals surface area contributed by atoms with Gasteiger partial charge in [-0.2, -0.15) is 0 Å². The monoisotopic (exact) mass is 230 g/mol. The Morgan fingerprint density at radius 1 is 1.40 bits per heavy atom. The first-order chi connectivity index (χ1) is 6.73. The van der Waals surface area contributed by atoms with Crippen LogP contribution in [0, 0.1) is 0 Å². The van der Waals surface area contributed by atoms with Crippen LogP contribution in [0.3, 0.4) is 0 Å². The highest BCUT2D eigenvalue weighted by Gasteiger charge is 2.14. The second-order valence-electron chi connectivity index (χ2n) is 3.77. The van der Waals surface area contributed by atoms with Crippen LogP contribution in [0.2, 0.25) is 0 Å². The summed E-state index contributed by atoms with van der Waals surface area (Å²) in [5.74, 6) is 0. The van der Waals surface area contributed by atoms with Crippen molar-refractivity contribution in [3.05, 3.63) is 18.0 Å². The van der Waals surface area contributed by atoms with Gasteiger partial charge in [0, 0.05) is 11.6 Å². The number of hydrogen-bond acceptors (Lipinski definition) is 4. The molecule has 0 aliphatic rings. The van der Waals surface area contributed by atoms with Gasteiger partial charge in [0.05, 0.1) is 5.69 Å². The number of carbonyl (C=O) groups is 1. The standard InChI is InChI=1S/C8H12N2S.CH2O3/c1-8(2,3)6-4-5-9-7(11)10-6;2-1(3)4/h4-5H,1-3H3,(H,9,10,11);(H2,2,3,4). The molecular formula is C9H14N2O3S. The van der Waals surface area contributed by atoms with E-state index in [4.69, 9.17) is 15.0 Å². The number of carboxylic acid groups (broad SMARTS) is 2. The minimum atomic E-state index is -1.83. The summed E-state index contributed by atoms with van der Waals surface area (Å²) in [6.45, 7) is 6.34. The molecular weight excluding hydrogens is 216 g/mol. The quantitative estimate of drug-likeness (QED) is 0.470. The molecule has 0 aliphatic carbocycles. The summed E-state index contributed by atoms with van der Waals surface area (Å²) in [5, 5.41) is 14.5. The Balaban J connectivity index is 0.000000423. The summed E-state index contributed by atoms with van der Waals surface area (Å²) in [7, 11) is 0. The van der Waals surface area contributed by atoms with Gasteiger partial charge >= 0.3 is 6.16 Å². The Morgan fingerprint density at radius 3 is 2.13 bits per heavy atom. The molecule has 0 saturated heterocycles. The van der Waals surface area contributed by atoms with Gasteiger partial charge in [0.2, 0.25) is 0 Å². The molecule has 5 nitrogen and oxygen atoms in total. The molecule has 0 saturated carbocycles. The van der Waals surface area contributed by atoms with E-state index in [1.165, 1.54) is 0 Å². The van der Waals surface area contributed by atoms with Crippen LogP contribution in [0.1, 0.15) is 26.5 Å². The minimum Gasteiger partial charge on any atom is -0.450 e. The number of rotatable bonds is 0. The number of thiol groups is 1. The van der Waals surface area contributed by atoms with Crippen LogP contribution >= 0.6 is 12.6 Å². The summed E-state index contributed by atoms with van der Waals surface area (Å²) in [6, 6.07) is 1.92. The third kappa shape index (κ3) is 6.73. The average molecular weight is 230 g/mol. The lowest BCUT2D eigenvalue weighted by Gasteiger charge is -2.16. The van der Waals surface area contributed by atoms with E-state index in [-0.39, 0.29) is 5.41 Å². The van der Waals surface area contributed by atoms with Gasteiger partial charge in [-0.3, -0.25) is 0 Å². The first kappa shape index (κ1) is 13.7. The first-order valence-corrected chi connectivity index (χ1v) is 4.62. The lowest BCUT2D eigenvalue weighted by Crippen LogP contribution is -2.13. The van der Waals surface area contributed by atoms with Crippen LogP contribution < -0.4 is 0 Å². The van der Waals surface area contributed by atoms with E-state index < -0.39 is 6.16 Å². The Bertz CT molecular complexity index is 332. The van der Waals surface area contributed by atoms with Crippen molar-refractivity contribution in [1.29, 1.82) is 0 Å². The third-order valence-corrected chi connectivity index (χ3v) is 1.63. The lowest BCUT2D eigenvalue weighted by atomic mass is 9.92. The van der Waals surface area contributed by atoms with E-state index in [2.05, 4.69) is 43.4 Å². The van der Waals surface area contributed by atoms with E-state index in [0.717, 1.165) is 5.69 Å². The third-order valence-electron chi connectivity index (χ3n) is 1.41. The molecule has 0 aliphatic heterocycles. The van der Waals surface area contributed by atoms with Crippen molar-refractivity contribution in [2.75, 3.05) is 0 Å². The van der Waals surface area contributed by atoms with E-state index in [1.807, 2.05) is 6.07 Å². The predicted octanol–water partition coefficient (Wildman–Crippen LogP) is 2.29. The summed E-state index contributed by atoms with van der Waals surface area (Å²) in [6.07, 6.45) is -0.101. The fraction of sp³-hybridized carbons (Fsp3) is 0.444. The Morgan fingerprint density at radius 2 is 1.87 bits per heavy atom. The van der Waals surface area contributed by atoms with Gasteiger partial charge in [-0.1, -0.05) is 20.8 Å². The molecule has 1 aromatic rings. The summed E-state index contributed by atoms with van der Waals surface area (Å²) in [4.78, 5) is 16.7. The van der Waals surface area contributed by atoms with Gasteiger partial charge in [0.1, 0.15) is 0 Å². The highest BCUT2D eigenvalue weighted by atomic mass is 32.1. The van der Waals surface area contributed by atoms with Crippen LogP contribution in [0.15, 0.2) is 17.4 Å². The summed E-state index contributed by atoms with van der Waals surface area (Å²) < 4.78 is 0. The van der Waals surface area contributed by atoms with Crippen molar-refractivity contribution in [3.8, 4) is 0 Å². The molecule has 2 N–H and O–H groups in total. The molecule has 6 heteroatoms. The maximum atomic E-state index is 8.56. The Hall–Kier alpha value is -1.30. The summed E-state index contributed by atoms with van der Waals surface area (Å²) >= 11 is 4.06. The van der Waals surface area contributed by atoms with E-state index in [0.29, 0.717) is 5.16 Å². The fourth-order valence-corrected chi connectivity index (χ4v) is 0.941. The molecule has 1 rings (SSSR count). The summed E-state index contributed by atoms with van der Waals surface area (Å²) in [5.41, 5.74) is 1.11. The molecule has 0 spiro atoms. The zero-order valence-corrected chi connectivity index (χ0v) is 9.69. The molecule has 0 fully saturated rings. The number of hydrogen-bond donors (Lipinski definition) is 3.